The Bertz CT molecular complexity index is 865. The number of aryl methyl sites for hydroxylation is 2. The number of benzene rings is 2. The van der Waals surface area contributed by atoms with Crippen molar-refractivity contribution < 1.29 is 29.9 Å². The average molecular weight is 408 g/mol. The first-order valence-electron chi connectivity index (χ1n) is 11.1. The summed E-state index contributed by atoms with van der Waals surface area (Å²) in [6.07, 6.45) is -0.103. The fourth-order valence-corrected chi connectivity index (χ4v) is 3.84. The van der Waals surface area contributed by atoms with Gasteiger partial charge in [0.1, 0.15) is 49.0 Å². The Morgan fingerprint density at radius 2 is 1.41 bits per heavy atom. The zero-order chi connectivity index (χ0) is 22.7. The number of fused-ring (bicyclic) bond motifs is 2. The molecule has 29 heavy (non-hydrogen) atoms. The average Bonchev–Trinajstić information content (AvgIpc) is 2.80. The molecule has 156 valence electrons. The van der Waals surface area contributed by atoms with E-state index in [-0.39, 0.29) is 24.7 Å². The minimum absolute atomic E-state index is 0.0546. The topological polar surface area (TPSA) is 71.0 Å². The Kier molecular flexibility index (Phi) is 4.94. The summed E-state index contributed by atoms with van der Waals surface area (Å²) in [4.78, 5) is 0. The van der Waals surface area contributed by atoms with Gasteiger partial charge in [0.25, 0.3) is 0 Å². The van der Waals surface area contributed by atoms with E-state index in [1.807, 2.05) is 0 Å². The molecule has 0 saturated carbocycles. The molecule has 0 bridgehead atoms. The van der Waals surface area contributed by atoms with Crippen molar-refractivity contribution in [1.82, 2.24) is 5.31 Å². The lowest BCUT2D eigenvalue weighted by molar-refractivity contribution is 0.00892. The SMILES string of the molecule is [2H]O[C@H](CN([2H])C[C@@H](O[2H])[C@H]1CCc2cc(F)ccc2O1)[C@@H]1CCc2cc(F)ccc2O1. The number of nitrogens with one attached hydrogen (secondary N) is 1. The van der Waals surface area contributed by atoms with E-state index in [1.54, 1.807) is 12.1 Å². The van der Waals surface area contributed by atoms with Gasteiger partial charge in [-0.25, -0.2) is 8.78 Å². The molecule has 2 aromatic rings. The van der Waals surface area contributed by atoms with Crippen LogP contribution in [0.1, 0.15) is 24.0 Å². The highest BCUT2D eigenvalue weighted by molar-refractivity contribution is 5.36. The van der Waals surface area contributed by atoms with Crippen LogP contribution < -0.4 is 14.8 Å². The van der Waals surface area contributed by atoms with Crippen LogP contribution in [0.25, 0.3) is 0 Å². The van der Waals surface area contributed by atoms with Gasteiger partial charge in [0, 0.05) is 13.1 Å². The fourth-order valence-electron chi connectivity index (χ4n) is 3.84. The number of aliphatic hydroxyl groups excluding tert-OH is 2. The molecular weight excluding hydrogens is 380 g/mol. The lowest BCUT2D eigenvalue weighted by Gasteiger charge is -2.31. The summed E-state index contributed by atoms with van der Waals surface area (Å²) < 4.78 is 61.8. The van der Waals surface area contributed by atoms with Crippen LogP contribution in [0.3, 0.4) is 0 Å². The van der Waals surface area contributed by atoms with Gasteiger partial charge in [-0.15, -0.1) is 0 Å². The molecule has 0 aliphatic carbocycles. The summed E-state index contributed by atoms with van der Waals surface area (Å²) in [5.41, 5.74) is 1.54. The lowest BCUT2D eigenvalue weighted by Crippen LogP contribution is -2.46. The normalized spacial score (nSPS) is 24.2. The number of hydrogen-bond acceptors (Lipinski definition) is 5. The second-order valence-corrected chi connectivity index (χ2v) is 7.56. The summed E-state index contributed by atoms with van der Waals surface area (Å²) in [5, 5.41) is 10.9. The van der Waals surface area contributed by atoms with Crippen molar-refractivity contribution in [2.24, 2.45) is 0 Å². The maximum absolute atomic E-state index is 13.4. The molecule has 7 heteroatoms. The van der Waals surface area contributed by atoms with Gasteiger partial charge in [-0.3, -0.25) is 0 Å². The van der Waals surface area contributed by atoms with Gasteiger partial charge in [-0.2, -0.15) is 0 Å². The molecule has 2 aromatic carbocycles. The third-order valence-corrected chi connectivity index (χ3v) is 5.45. The van der Waals surface area contributed by atoms with E-state index in [1.165, 1.54) is 29.6 Å². The highest BCUT2D eigenvalue weighted by Gasteiger charge is 2.29. The largest absolute Gasteiger partial charge is 0.487 e. The standard InChI is InChI=1S/C22H25F2NO4/c23-15-3-7-19-13(9-15)1-5-21(28-19)17(26)11-25-12-18(27)22-6-2-14-10-16(24)4-8-20(14)29-22/h3-4,7-10,17-18,21-22,25-27H,1-2,5-6,11-12H2/t17-,18-,21-,22+/m1/s1/i26D,27D/hD. The number of aliphatic hydroxyl groups is 2. The van der Waals surface area contributed by atoms with E-state index < -0.39 is 24.4 Å². The molecule has 2 aliphatic rings. The van der Waals surface area contributed by atoms with E-state index in [4.69, 9.17) is 24.0 Å². The molecule has 0 fully saturated rings. The van der Waals surface area contributed by atoms with E-state index in [0.717, 1.165) is 11.1 Å². The summed E-state index contributed by atoms with van der Waals surface area (Å²) in [5.74, 6) is 0.463. The van der Waals surface area contributed by atoms with Gasteiger partial charge in [-0.05, 0) is 73.2 Å². The van der Waals surface area contributed by atoms with Crippen molar-refractivity contribution >= 4 is 0 Å². The van der Waals surface area contributed by atoms with Crippen LogP contribution in [0.2, 0.25) is 1.41 Å². The van der Waals surface area contributed by atoms with Crippen LogP contribution >= 0.6 is 0 Å². The Morgan fingerprint density at radius 1 is 0.931 bits per heavy atom. The number of ether oxygens (including phenoxy) is 2. The monoisotopic (exact) mass is 408 g/mol. The van der Waals surface area contributed by atoms with E-state index in [0.29, 0.717) is 37.2 Å². The first-order chi connectivity index (χ1) is 15.5. The van der Waals surface area contributed by atoms with Crippen LogP contribution in [0, 0.1) is 11.6 Å². The van der Waals surface area contributed by atoms with Gasteiger partial charge in [0.05, 0.1) is 0 Å². The second-order valence-electron chi connectivity index (χ2n) is 7.56. The number of rotatable bonds is 8. The van der Waals surface area contributed by atoms with Crippen molar-refractivity contribution in [3.63, 3.8) is 0 Å². The van der Waals surface area contributed by atoms with Gasteiger partial charge >= 0.3 is 0 Å². The van der Waals surface area contributed by atoms with Crippen molar-refractivity contribution in [1.29, 1.82) is 2.86 Å². The maximum Gasteiger partial charge on any atom is 0.211 e. The maximum atomic E-state index is 13.4. The van der Waals surface area contributed by atoms with Gasteiger partial charge in [0.2, 0.25) is 2.86 Å². The van der Waals surface area contributed by atoms with Crippen LogP contribution in [0.4, 0.5) is 8.78 Å². The lowest BCUT2D eigenvalue weighted by atomic mass is 9.98. The minimum atomic E-state index is -0.715. The Morgan fingerprint density at radius 3 is 1.86 bits per heavy atom. The molecule has 0 spiro atoms. The van der Waals surface area contributed by atoms with Crippen LogP contribution in [0.15, 0.2) is 36.4 Å². The smallest absolute Gasteiger partial charge is 0.211 e. The van der Waals surface area contributed by atoms with Crippen molar-refractivity contribution in [2.45, 2.75) is 50.1 Å². The predicted molar refractivity (Wildman–Crippen MR) is 103 cm³/mol. The third-order valence-electron chi connectivity index (χ3n) is 5.45. The molecule has 2 heterocycles. The molecule has 0 aromatic heterocycles. The zero-order valence-corrected chi connectivity index (χ0v) is 15.9. The Hall–Kier alpha value is -2.22. The predicted octanol–water partition coefficient (Wildman–Crippen LogP) is 2.36. The molecule has 4 rings (SSSR count). The van der Waals surface area contributed by atoms with Gasteiger partial charge in [0.15, 0.2) is 0 Å². The van der Waals surface area contributed by atoms with Crippen molar-refractivity contribution in [3.05, 3.63) is 59.2 Å². The molecular formula is C22H25F2NO4. The minimum Gasteiger partial charge on any atom is -0.487 e. The highest BCUT2D eigenvalue weighted by Crippen LogP contribution is 2.30. The molecule has 0 unspecified atom stereocenters. The number of hydrogen-bond donors (Lipinski definition) is 3. The summed E-state index contributed by atoms with van der Waals surface area (Å²) in [6, 6.07) is 8.63. The first-order valence-corrected chi connectivity index (χ1v) is 9.84. The number of halogens is 2. The van der Waals surface area contributed by atoms with Gasteiger partial charge < -0.3 is 25.0 Å². The zero-order valence-electron chi connectivity index (χ0n) is 18.9. The fraction of sp³-hybridized carbons (Fsp3) is 0.455. The molecule has 0 saturated heterocycles. The molecule has 0 radical (unpaired) electrons. The summed E-state index contributed by atoms with van der Waals surface area (Å²) in [7, 11) is 0. The van der Waals surface area contributed by atoms with Crippen LogP contribution in [-0.2, 0) is 12.8 Å². The molecule has 4 atom stereocenters. The van der Waals surface area contributed by atoms with Crippen molar-refractivity contribution in [3.8, 4) is 11.5 Å². The van der Waals surface area contributed by atoms with Gasteiger partial charge in [-0.1, -0.05) is 0 Å². The van der Waals surface area contributed by atoms with E-state index in [9.17, 15) is 8.78 Å². The Balaban J connectivity index is 1.34. The Labute approximate surface area is 172 Å². The van der Waals surface area contributed by atoms with Crippen molar-refractivity contribution in [2.75, 3.05) is 13.1 Å². The quantitative estimate of drug-likeness (QED) is 0.626. The summed E-state index contributed by atoms with van der Waals surface area (Å²) in [6.45, 7) is 0.109. The first kappa shape index (κ1) is 16.6. The molecule has 5 nitrogen and oxygen atoms in total. The van der Waals surface area contributed by atoms with Crippen LogP contribution in [0.5, 0.6) is 11.5 Å². The van der Waals surface area contributed by atoms with Crippen LogP contribution in [-0.4, -0.2) is 50.6 Å². The molecule has 3 N–H and O–H groups in total. The molecule has 0 amide bonds. The third kappa shape index (κ3) is 4.69. The molecule has 2 aliphatic heterocycles. The van der Waals surface area contributed by atoms with E-state index in [2.05, 4.69) is 0 Å². The van der Waals surface area contributed by atoms with E-state index >= 15 is 0 Å². The summed E-state index contributed by atoms with van der Waals surface area (Å²) >= 11 is 0. The highest BCUT2D eigenvalue weighted by atomic mass is 19.1. The second kappa shape index (κ2) is 8.65.